The number of cyclic esters (lactones) is 1. The molecule has 4 rings (SSSR count). The topological polar surface area (TPSA) is 57.1 Å². The van der Waals surface area contributed by atoms with Crippen molar-refractivity contribution in [1.82, 2.24) is 0 Å². The van der Waals surface area contributed by atoms with Gasteiger partial charge in [-0.05, 0) is 53.6 Å². The highest BCUT2D eigenvalue weighted by Crippen LogP contribution is 2.30. The van der Waals surface area contributed by atoms with Gasteiger partial charge < -0.3 is 14.2 Å². The minimum atomic E-state index is -0.510. The van der Waals surface area contributed by atoms with E-state index < -0.39 is 5.97 Å². The van der Waals surface area contributed by atoms with Crippen LogP contribution in [0.3, 0.4) is 0 Å². The third-order valence-corrected chi connectivity index (χ3v) is 4.44. The molecule has 0 fully saturated rings. The molecule has 0 aliphatic carbocycles. The fourth-order valence-electron chi connectivity index (χ4n) is 2.91. The number of rotatable bonds is 6. The molecule has 150 valence electrons. The maximum Gasteiger partial charge on any atom is 0.363 e. The quantitative estimate of drug-likeness (QED) is 0.440. The van der Waals surface area contributed by atoms with Crippen molar-refractivity contribution in [3.8, 4) is 11.5 Å². The van der Waals surface area contributed by atoms with E-state index in [1.54, 1.807) is 36.4 Å². The molecule has 0 amide bonds. The average molecular weight is 403 g/mol. The molecule has 5 nitrogen and oxygen atoms in total. The van der Waals surface area contributed by atoms with Crippen LogP contribution in [-0.4, -0.2) is 19.0 Å². The van der Waals surface area contributed by atoms with Gasteiger partial charge in [0, 0.05) is 5.56 Å². The van der Waals surface area contributed by atoms with Gasteiger partial charge in [-0.1, -0.05) is 36.4 Å². The smallest absolute Gasteiger partial charge is 0.363 e. The van der Waals surface area contributed by atoms with Crippen molar-refractivity contribution in [2.24, 2.45) is 4.99 Å². The van der Waals surface area contributed by atoms with Crippen LogP contribution in [0.2, 0.25) is 0 Å². The average Bonchev–Trinajstić information content (AvgIpc) is 3.14. The zero-order valence-corrected chi connectivity index (χ0v) is 16.2. The number of hydrogen-bond donors (Lipinski definition) is 0. The van der Waals surface area contributed by atoms with Crippen molar-refractivity contribution < 1.29 is 23.4 Å². The highest BCUT2D eigenvalue weighted by Gasteiger charge is 2.24. The number of aliphatic imine (C=N–C) groups is 1. The number of hydrogen-bond acceptors (Lipinski definition) is 5. The minimum absolute atomic E-state index is 0.205. The molecule has 3 aromatic rings. The second-order valence-electron chi connectivity index (χ2n) is 6.53. The second-order valence-corrected chi connectivity index (χ2v) is 6.53. The van der Waals surface area contributed by atoms with Crippen LogP contribution < -0.4 is 9.47 Å². The molecule has 6 heteroatoms. The van der Waals surface area contributed by atoms with Crippen molar-refractivity contribution in [1.29, 1.82) is 0 Å². The lowest BCUT2D eigenvalue weighted by molar-refractivity contribution is -0.129. The molecular weight excluding hydrogens is 385 g/mol. The first-order valence-corrected chi connectivity index (χ1v) is 9.25. The third-order valence-electron chi connectivity index (χ3n) is 4.44. The molecule has 3 aromatic carbocycles. The summed E-state index contributed by atoms with van der Waals surface area (Å²) in [6, 6.07) is 20.6. The van der Waals surface area contributed by atoms with Gasteiger partial charge in [0.25, 0.3) is 0 Å². The summed E-state index contributed by atoms with van der Waals surface area (Å²) in [7, 11) is 1.53. The lowest BCUT2D eigenvalue weighted by atomic mass is 10.1. The standard InChI is InChI=1S/C24H18FNO4/c1-28-22-14-17(9-12-21(22)29-15-16-7-10-19(25)11-8-16)13-20-24(27)30-23(26-20)18-5-3-2-4-6-18/h2-14H,15H2,1H3/b20-13-. The van der Waals surface area contributed by atoms with E-state index in [1.165, 1.54) is 19.2 Å². The normalized spacial score (nSPS) is 14.4. The largest absolute Gasteiger partial charge is 0.493 e. The van der Waals surface area contributed by atoms with Gasteiger partial charge in [-0.15, -0.1) is 0 Å². The van der Waals surface area contributed by atoms with Gasteiger partial charge in [0.2, 0.25) is 5.90 Å². The molecule has 1 heterocycles. The SMILES string of the molecule is COc1cc(/C=C2\N=C(c3ccccc3)OC2=O)ccc1OCc1ccc(F)cc1. The van der Waals surface area contributed by atoms with Gasteiger partial charge in [-0.25, -0.2) is 14.2 Å². The first kappa shape index (κ1) is 19.4. The Morgan fingerprint density at radius 3 is 2.50 bits per heavy atom. The Kier molecular flexibility index (Phi) is 5.57. The summed E-state index contributed by atoms with van der Waals surface area (Å²) < 4.78 is 29.5. The number of benzene rings is 3. The summed E-state index contributed by atoms with van der Waals surface area (Å²) in [5.41, 5.74) is 2.49. The molecule has 0 N–H and O–H groups in total. The summed E-state index contributed by atoms with van der Waals surface area (Å²) in [6.07, 6.45) is 1.63. The molecule has 0 aromatic heterocycles. The zero-order valence-electron chi connectivity index (χ0n) is 16.2. The Balaban J connectivity index is 1.53. The van der Waals surface area contributed by atoms with Gasteiger partial charge in [0.05, 0.1) is 7.11 Å². The first-order valence-electron chi connectivity index (χ1n) is 9.25. The van der Waals surface area contributed by atoms with E-state index in [0.717, 1.165) is 11.1 Å². The summed E-state index contributed by atoms with van der Waals surface area (Å²) in [4.78, 5) is 16.5. The molecular formula is C24H18FNO4. The van der Waals surface area contributed by atoms with Crippen LogP contribution in [0.15, 0.2) is 83.5 Å². The van der Waals surface area contributed by atoms with Crippen molar-refractivity contribution in [2.75, 3.05) is 7.11 Å². The minimum Gasteiger partial charge on any atom is -0.493 e. The number of nitrogens with zero attached hydrogens (tertiary/aromatic N) is 1. The van der Waals surface area contributed by atoms with Crippen molar-refractivity contribution in [3.63, 3.8) is 0 Å². The van der Waals surface area contributed by atoms with E-state index in [0.29, 0.717) is 17.1 Å². The summed E-state index contributed by atoms with van der Waals surface area (Å²) in [5, 5.41) is 0. The summed E-state index contributed by atoms with van der Waals surface area (Å²) in [5.74, 6) is 0.510. The fourth-order valence-corrected chi connectivity index (χ4v) is 2.91. The van der Waals surface area contributed by atoms with Gasteiger partial charge in [-0.3, -0.25) is 0 Å². The maximum absolute atomic E-state index is 13.0. The first-order chi connectivity index (χ1) is 14.6. The Morgan fingerprint density at radius 1 is 1.00 bits per heavy atom. The number of methoxy groups -OCH3 is 1. The van der Waals surface area contributed by atoms with E-state index in [1.807, 2.05) is 30.3 Å². The summed E-state index contributed by atoms with van der Waals surface area (Å²) in [6.45, 7) is 0.272. The number of esters is 1. The highest BCUT2D eigenvalue weighted by molar-refractivity contribution is 6.12. The van der Waals surface area contributed by atoms with Gasteiger partial charge >= 0.3 is 5.97 Å². The Labute approximate surface area is 173 Å². The fraction of sp³-hybridized carbons (Fsp3) is 0.0833. The molecule has 30 heavy (non-hydrogen) atoms. The molecule has 1 aliphatic heterocycles. The number of carbonyl (C=O) groups is 1. The Bertz CT molecular complexity index is 1120. The molecule has 0 unspecified atom stereocenters. The highest BCUT2D eigenvalue weighted by atomic mass is 19.1. The number of carbonyl (C=O) groups excluding carboxylic acids is 1. The van der Waals surface area contributed by atoms with Crippen LogP contribution in [0.4, 0.5) is 4.39 Å². The van der Waals surface area contributed by atoms with Gasteiger partial charge in [0.15, 0.2) is 17.2 Å². The molecule has 0 spiro atoms. The number of halogens is 1. The van der Waals surface area contributed by atoms with Gasteiger partial charge in [0.1, 0.15) is 12.4 Å². The Hall–Kier alpha value is -3.93. The van der Waals surface area contributed by atoms with Crippen molar-refractivity contribution in [2.45, 2.75) is 6.61 Å². The molecule has 0 saturated carbocycles. The van der Waals surface area contributed by atoms with Crippen LogP contribution >= 0.6 is 0 Å². The van der Waals surface area contributed by atoms with Crippen LogP contribution in [0, 0.1) is 5.82 Å². The monoisotopic (exact) mass is 403 g/mol. The zero-order chi connectivity index (χ0) is 20.9. The lowest BCUT2D eigenvalue weighted by Gasteiger charge is -2.11. The van der Waals surface area contributed by atoms with Crippen LogP contribution in [0.5, 0.6) is 11.5 Å². The Morgan fingerprint density at radius 2 is 1.77 bits per heavy atom. The lowest BCUT2D eigenvalue weighted by Crippen LogP contribution is -2.04. The molecule has 0 saturated heterocycles. The third kappa shape index (κ3) is 4.38. The number of ether oxygens (including phenoxy) is 3. The molecule has 0 radical (unpaired) electrons. The van der Waals surface area contributed by atoms with Crippen LogP contribution in [0.1, 0.15) is 16.7 Å². The second kappa shape index (κ2) is 8.61. The molecule has 0 bridgehead atoms. The molecule has 1 aliphatic rings. The van der Waals surface area contributed by atoms with Crippen molar-refractivity contribution in [3.05, 3.63) is 101 Å². The van der Waals surface area contributed by atoms with E-state index in [4.69, 9.17) is 14.2 Å². The van der Waals surface area contributed by atoms with Gasteiger partial charge in [-0.2, -0.15) is 0 Å². The van der Waals surface area contributed by atoms with Crippen LogP contribution in [0.25, 0.3) is 6.08 Å². The summed E-state index contributed by atoms with van der Waals surface area (Å²) >= 11 is 0. The maximum atomic E-state index is 13.0. The van der Waals surface area contributed by atoms with E-state index in [-0.39, 0.29) is 24.0 Å². The van der Waals surface area contributed by atoms with E-state index in [9.17, 15) is 9.18 Å². The van der Waals surface area contributed by atoms with E-state index in [2.05, 4.69) is 4.99 Å². The van der Waals surface area contributed by atoms with Crippen LogP contribution in [-0.2, 0) is 16.1 Å². The van der Waals surface area contributed by atoms with Crippen molar-refractivity contribution >= 4 is 17.9 Å². The predicted octanol–water partition coefficient (Wildman–Crippen LogP) is 4.76. The predicted molar refractivity (Wildman–Crippen MR) is 111 cm³/mol. The van der Waals surface area contributed by atoms with E-state index >= 15 is 0 Å². The molecule has 0 atom stereocenters.